The predicted molar refractivity (Wildman–Crippen MR) is 131 cm³/mol. The smallest absolute Gasteiger partial charge is 0.266 e. The van der Waals surface area contributed by atoms with E-state index in [-0.39, 0.29) is 5.91 Å². The van der Waals surface area contributed by atoms with Crippen molar-refractivity contribution in [1.82, 2.24) is 0 Å². The van der Waals surface area contributed by atoms with Crippen LogP contribution in [0.2, 0.25) is 5.02 Å². The van der Waals surface area contributed by atoms with E-state index in [0.29, 0.717) is 16.6 Å². The number of carbonyl (C=O) groups excluding carboxylic acids is 1. The van der Waals surface area contributed by atoms with Crippen LogP contribution < -0.4 is 4.90 Å². The minimum absolute atomic E-state index is 0.158. The highest BCUT2D eigenvalue weighted by molar-refractivity contribution is 7.21. The number of benzene rings is 3. The van der Waals surface area contributed by atoms with Crippen molar-refractivity contribution in [3.63, 3.8) is 0 Å². The van der Waals surface area contributed by atoms with Gasteiger partial charge in [-0.2, -0.15) is 0 Å². The van der Waals surface area contributed by atoms with Gasteiger partial charge in [0.05, 0.1) is 15.6 Å². The van der Waals surface area contributed by atoms with Crippen molar-refractivity contribution in [2.24, 2.45) is 4.99 Å². The minimum Gasteiger partial charge on any atom is -0.266 e. The average Bonchev–Trinajstić information content (AvgIpc) is 3.27. The molecular weight excluding hydrogens is 424 g/mol. The molecule has 1 aliphatic heterocycles. The third kappa shape index (κ3) is 3.58. The van der Waals surface area contributed by atoms with Crippen LogP contribution in [0.4, 0.5) is 5.69 Å². The fraction of sp³-hybridized carbons (Fsp3) is 0.0769. The molecule has 1 aromatic heterocycles. The van der Waals surface area contributed by atoms with E-state index >= 15 is 0 Å². The third-order valence-electron chi connectivity index (χ3n) is 5.24. The van der Waals surface area contributed by atoms with Gasteiger partial charge in [0, 0.05) is 10.1 Å². The van der Waals surface area contributed by atoms with Gasteiger partial charge in [-0.3, -0.25) is 9.69 Å². The maximum atomic E-state index is 13.5. The molecule has 0 fully saturated rings. The third-order valence-corrected chi connectivity index (χ3v) is 6.91. The zero-order valence-electron chi connectivity index (χ0n) is 17.1. The molecule has 0 saturated heterocycles. The zero-order valence-corrected chi connectivity index (χ0v) is 18.7. The van der Waals surface area contributed by atoms with Gasteiger partial charge in [-0.15, -0.1) is 11.3 Å². The molecule has 0 N–H and O–H groups in total. The van der Waals surface area contributed by atoms with Gasteiger partial charge >= 0.3 is 0 Å². The lowest BCUT2D eigenvalue weighted by Gasteiger charge is -2.18. The summed E-state index contributed by atoms with van der Waals surface area (Å²) in [5.74, 6) is 0.412. The first-order valence-electron chi connectivity index (χ1n) is 9.97. The molecule has 0 saturated carbocycles. The molecule has 0 aliphatic carbocycles. The molecule has 0 unspecified atom stereocenters. The van der Waals surface area contributed by atoms with Gasteiger partial charge in [-0.1, -0.05) is 71.8 Å². The predicted octanol–water partition coefficient (Wildman–Crippen LogP) is 7.01. The number of carbonyl (C=O) groups is 1. The lowest BCUT2D eigenvalue weighted by Crippen LogP contribution is -2.32. The highest BCUT2D eigenvalue weighted by Crippen LogP contribution is 2.39. The van der Waals surface area contributed by atoms with Crippen LogP contribution in [0.5, 0.6) is 0 Å². The molecule has 5 heteroatoms. The zero-order chi connectivity index (χ0) is 21.5. The van der Waals surface area contributed by atoms with Crippen LogP contribution in [0.15, 0.2) is 83.5 Å². The van der Waals surface area contributed by atoms with Crippen molar-refractivity contribution in [2.45, 2.75) is 13.8 Å². The van der Waals surface area contributed by atoms with E-state index in [9.17, 15) is 4.79 Å². The summed E-state index contributed by atoms with van der Waals surface area (Å²) >= 11 is 8.32. The molecule has 3 aromatic carbocycles. The largest absolute Gasteiger partial charge is 0.282 e. The number of aryl methyl sites for hydroxylation is 2. The molecule has 4 aromatic rings. The van der Waals surface area contributed by atoms with Crippen molar-refractivity contribution in [2.75, 3.05) is 4.90 Å². The van der Waals surface area contributed by atoms with Crippen LogP contribution >= 0.6 is 22.9 Å². The number of rotatable bonds is 3. The highest BCUT2D eigenvalue weighted by Gasteiger charge is 2.35. The van der Waals surface area contributed by atoms with Gasteiger partial charge in [0.25, 0.3) is 5.91 Å². The molecule has 0 bridgehead atoms. The molecule has 0 radical (unpaired) electrons. The maximum Gasteiger partial charge on any atom is 0.282 e. The van der Waals surface area contributed by atoms with Gasteiger partial charge in [0.2, 0.25) is 0 Å². The van der Waals surface area contributed by atoms with Crippen LogP contribution in [-0.4, -0.2) is 11.7 Å². The highest BCUT2D eigenvalue weighted by atomic mass is 35.5. The van der Waals surface area contributed by atoms with Gasteiger partial charge < -0.3 is 0 Å². The van der Waals surface area contributed by atoms with E-state index in [0.717, 1.165) is 31.8 Å². The Bertz CT molecular complexity index is 1380. The summed E-state index contributed by atoms with van der Waals surface area (Å²) in [6.07, 6.45) is 1.83. The summed E-state index contributed by atoms with van der Waals surface area (Å²) in [5, 5.41) is 1.60. The molecule has 0 atom stereocenters. The SMILES string of the molecule is Cc1ccc(/C=C2/N=C(c3sc4ccccc4c3Cl)N(c3cccc(C)c3)C2=O)cc1. The van der Waals surface area contributed by atoms with E-state index in [1.54, 1.807) is 16.2 Å². The van der Waals surface area contributed by atoms with E-state index in [1.165, 1.54) is 5.56 Å². The summed E-state index contributed by atoms with van der Waals surface area (Å²) in [6, 6.07) is 23.9. The average molecular weight is 443 g/mol. The summed E-state index contributed by atoms with van der Waals surface area (Å²) in [5.41, 5.74) is 4.36. The number of amides is 1. The van der Waals surface area contributed by atoms with Crippen molar-refractivity contribution in [3.05, 3.63) is 105 Å². The Hall–Kier alpha value is -3.21. The van der Waals surface area contributed by atoms with Crippen molar-refractivity contribution in [1.29, 1.82) is 0 Å². The normalized spacial score (nSPS) is 15.2. The topological polar surface area (TPSA) is 32.7 Å². The van der Waals surface area contributed by atoms with Crippen molar-refractivity contribution < 1.29 is 4.79 Å². The van der Waals surface area contributed by atoms with Gasteiger partial charge in [-0.05, 0) is 49.2 Å². The standard InChI is InChI=1S/C26H19ClN2OS/c1-16-10-12-18(13-11-16)15-21-26(30)29(19-7-5-6-17(2)14-19)25(28-21)24-23(27)20-8-3-4-9-22(20)31-24/h3-15H,1-2H3/b21-15+. The Morgan fingerprint density at radius 1 is 0.935 bits per heavy atom. The number of aliphatic imine (C=N–C) groups is 1. The lowest BCUT2D eigenvalue weighted by molar-refractivity contribution is -0.113. The maximum absolute atomic E-state index is 13.5. The fourth-order valence-corrected chi connectivity index (χ4v) is 5.15. The van der Waals surface area contributed by atoms with Crippen molar-refractivity contribution in [3.8, 4) is 0 Å². The van der Waals surface area contributed by atoms with Crippen LogP contribution in [0.25, 0.3) is 16.2 Å². The molecule has 0 spiro atoms. The first-order valence-corrected chi connectivity index (χ1v) is 11.2. The number of thiophene rings is 1. The van der Waals surface area contributed by atoms with E-state index < -0.39 is 0 Å². The Kier molecular flexibility index (Phi) is 4.97. The Morgan fingerprint density at radius 2 is 1.71 bits per heavy atom. The van der Waals surface area contributed by atoms with Crippen LogP contribution in [-0.2, 0) is 4.79 Å². The quantitative estimate of drug-likeness (QED) is 0.314. The van der Waals surface area contributed by atoms with Gasteiger partial charge in [0.1, 0.15) is 5.70 Å². The molecule has 2 heterocycles. The molecule has 152 valence electrons. The summed E-state index contributed by atoms with van der Waals surface area (Å²) in [7, 11) is 0. The number of hydrogen-bond donors (Lipinski definition) is 0. The number of hydrogen-bond acceptors (Lipinski definition) is 3. The first-order chi connectivity index (χ1) is 15.0. The lowest BCUT2D eigenvalue weighted by atomic mass is 10.1. The number of nitrogens with zero attached hydrogens (tertiary/aromatic N) is 2. The summed E-state index contributed by atoms with van der Waals surface area (Å²) in [6.45, 7) is 4.05. The van der Waals surface area contributed by atoms with Crippen LogP contribution in [0.1, 0.15) is 21.6 Å². The Morgan fingerprint density at radius 3 is 2.45 bits per heavy atom. The summed E-state index contributed by atoms with van der Waals surface area (Å²) < 4.78 is 1.07. The molecule has 5 rings (SSSR count). The van der Waals surface area contributed by atoms with Crippen LogP contribution in [0, 0.1) is 13.8 Å². The number of amidine groups is 1. The summed E-state index contributed by atoms with van der Waals surface area (Å²) in [4.78, 5) is 20.8. The van der Waals surface area contributed by atoms with Gasteiger partial charge in [0.15, 0.2) is 5.84 Å². The Labute approximate surface area is 189 Å². The Balaban J connectivity index is 1.69. The second-order valence-electron chi connectivity index (χ2n) is 7.60. The number of anilines is 1. The molecule has 1 aliphatic rings. The van der Waals surface area contributed by atoms with Crippen LogP contribution in [0.3, 0.4) is 0 Å². The van der Waals surface area contributed by atoms with Gasteiger partial charge in [-0.25, -0.2) is 4.99 Å². The minimum atomic E-state index is -0.158. The van der Waals surface area contributed by atoms with E-state index in [4.69, 9.17) is 16.6 Å². The van der Waals surface area contributed by atoms with E-state index in [2.05, 4.69) is 0 Å². The second-order valence-corrected chi connectivity index (χ2v) is 9.03. The monoisotopic (exact) mass is 442 g/mol. The number of fused-ring (bicyclic) bond motifs is 1. The first kappa shape index (κ1) is 19.7. The van der Waals surface area contributed by atoms with E-state index in [1.807, 2.05) is 92.7 Å². The molecule has 31 heavy (non-hydrogen) atoms. The molecule has 3 nitrogen and oxygen atoms in total. The number of halogens is 1. The fourth-order valence-electron chi connectivity index (χ4n) is 3.65. The van der Waals surface area contributed by atoms with Crippen molar-refractivity contribution >= 4 is 56.5 Å². The molecule has 1 amide bonds. The second kappa shape index (κ2) is 7.80. The molecular formula is C26H19ClN2OS.